The predicted molar refractivity (Wildman–Crippen MR) is 118 cm³/mol. The van der Waals surface area contributed by atoms with Crippen molar-refractivity contribution in [2.24, 2.45) is 0 Å². The van der Waals surface area contributed by atoms with E-state index in [2.05, 4.69) is 39.0 Å². The van der Waals surface area contributed by atoms with Crippen molar-refractivity contribution in [3.8, 4) is 11.5 Å². The highest BCUT2D eigenvalue weighted by atomic mass is 16.5. The Morgan fingerprint density at radius 2 is 1.00 bits per heavy atom. The lowest BCUT2D eigenvalue weighted by Crippen LogP contribution is -2.04. The molecule has 0 atom stereocenters. The summed E-state index contributed by atoms with van der Waals surface area (Å²) in [5, 5.41) is 0. The molecule has 1 aromatic rings. The Balaban J connectivity index is 2.38. The Morgan fingerprint density at radius 3 is 1.44 bits per heavy atom. The average Bonchev–Trinajstić information content (AvgIpc) is 2.68. The molecule has 27 heavy (non-hydrogen) atoms. The van der Waals surface area contributed by atoms with Gasteiger partial charge < -0.3 is 9.47 Å². The monoisotopic (exact) mass is 376 g/mol. The molecular formula is C25H44O2. The fourth-order valence-corrected chi connectivity index (χ4v) is 3.44. The van der Waals surface area contributed by atoms with E-state index in [4.69, 9.17) is 9.47 Å². The zero-order valence-electron chi connectivity index (χ0n) is 18.4. The van der Waals surface area contributed by atoms with E-state index in [9.17, 15) is 0 Å². The molecule has 2 nitrogen and oxygen atoms in total. The van der Waals surface area contributed by atoms with Gasteiger partial charge in [-0.05, 0) is 31.4 Å². The first-order chi connectivity index (χ1) is 13.3. The lowest BCUT2D eigenvalue weighted by Gasteiger charge is -2.16. The van der Waals surface area contributed by atoms with E-state index in [0.29, 0.717) is 0 Å². The molecule has 0 aliphatic rings. The highest BCUT2D eigenvalue weighted by Crippen LogP contribution is 2.30. The van der Waals surface area contributed by atoms with Gasteiger partial charge in [-0.2, -0.15) is 0 Å². The van der Waals surface area contributed by atoms with Gasteiger partial charge in [-0.25, -0.2) is 0 Å². The van der Waals surface area contributed by atoms with Gasteiger partial charge in [-0.1, -0.05) is 97.5 Å². The molecule has 0 saturated heterocycles. The molecule has 1 rings (SSSR count). The largest absolute Gasteiger partial charge is 0.493 e. The fourth-order valence-electron chi connectivity index (χ4n) is 3.44. The van der Waals surface area contributed by atoms with Gasteiger partial charge in [0.25, 0.3) is 0 Å². The lowest BCUT2D eigenvalue weighted by molar-refractivity contribution is 0.284. The molecule has 0 amide bonds. The molecule has 0 N–H and O–H groups in total. The third-order valence-corrected chi connectivity index (χ3v) is 5.10. The molecule has 156 valence electrons. The van der Waals surface area contributed by atoms with Crippen LogP contribution in [0.2, 0.25) is 0 Å². The number of rotatable bonds is 18. The maximum atomic E-state index is 6.13. The Labute approximate surface area is 169 Å². The van der Waals surface area contributed by atoms with Crippen molar-refractivity contribution in [1.82, 2.24) is 0 Å². The van der Waals surface area contributed by atoms with Crippen molar-refractivity contribution in [3.63, 3.8) is 0 Å². The standard InChI is InChI=1S/C25H44O2/c1-4-7-9-11-13-15-21-26-24-19-17-20-25(23(24)18-6-3)27-22-16-14-12-10-8-5-2/h17,19-20H,4-16,18,21-22H2,1-3H3. The van der Waals surface area contributed by atoms with Gasteiger partial charge in [0.05, 0.1) is 13.2 Å². The molecule has 0 fully saturated rings. The third kappa shape index (κ3) is 11.3. The van der Waals surface area contributed by atoms with Crippen LogP contribution in [0.4, 0.5) is 0 Å². The van der Waals surface area contributed by atoms with E-state index in [-0.39, 0.29) is 0 Å². The fraction of sp³-hybridized carbons (Fsp3) is 0.760. The third-order valence-electron chi connectivity index (χ3n) is 5.10. The summed E-state index contributed by atoms with van der Waals surface area (Å²) in [6, 6.07) is 6.30. The highest BCUT2D eigenvalue weighted by molar-refractivity contribution is 5.45. The second-order valence-electron chi connectivity index (χ2n) is 7.72. The van der Waals surface area contributed by atoms with Gasteiger partial charge in [0, 0.05) is 5.56 Å². The normalized spacial score (nSPS) is 10.9. The van der Waals surface area contributed by atoms with Gasteiger partial charge in [-0.15, -0.1) is 0 Å². The second kappa shape index (κ2) is 17.0. The van der Waals surface area contributed by atoms with Crippen molar-refractivity contribution in [2.75, 3.05) is 13.2 Å². The van der Waals surface area contributed by atoms with E-state index in [1.54, 1.807) is 0 Å². The predicted octanol–water partition coefficient (Wildman–Crippen LogP) is 8.12. The van der Waals surface area contributed by atoms with E-state index < -0.39 is 0 Å². The van der Waals surface area contributed by atoms with Gasteiger partial charge >= 0.3 is 0 Å². The maximum Gasteiger partial charge on any atom is 0.126 e. The van der Waals surface area contributed by atoms with Crippen LogP contribution < -0.4 is 9.47 Å². The molecule has 1 aromatic carbocycles. The molecular weight excluding hydrogens is 332 g/mol. The molecule has 0 radical (unpaired) electrons. The van der Waals surface area contributed by atoms with Gasteiger partial charge in [0.1, 0.15) is 11.5 Å². The summed E-state index contributed by atoms with van der Waals surface area (Å²) in [5.41, 5.74) is 1.26. The van der Waals surface area contributed by atoms with Crippen LogP contribution in [0.5, 0.6) is 11.5 Å². The topological polar surface area (TPSA) is 18.5 Å². The zero-order valence-corrected chi connectivity index (χ0v) is 18.4. The number of benzene rings is 1. The van der Waals surface area contributed by atoms with Crippen LogP contribution in [0, 0.1) is 0 Å². The van der Waals surface area contributed by atoms with Crippen LogP contribution >= 0.6 is 0 Å². The minimum atomic E-state index is 0.823. The van der Waals surface area contributed by atoms with Crippen LogP contribution in [0.1, 0.15) is 110 Å². The Hall–Kier alpha value is -1.18. The molecule has 0 spiro atoms. The summed E-state index contributed by atoms with van der Waals surface area (Å²) in [6.07, 6.45) is 17.7. The number of hydrogen-bond acceptors (Lipinski definition) is 2. The SMILES string of the molecule is CCCCCCCCOc1cccc(OCCCCCCCC)c1CCC. The van der Waals surface area contributed by atoms with Crippen molar-refractivity contribution >= 4 is 0 Å². The minimum Gasteiger partial charge on any atom is -0.493 e. The molecule has 0 aliphatic heterocycles. The van der Waals surface area contributed by atoms with Crippen molar-refractivity contribution < 1.29 is 9.47 Å². The first-order valence-electron chi connectivity index (χ1n) is 11.7. The minimum absolute atomic E-state index is 0.823. The molecule has 0 heterocycles. The van der Waals surface area contributed by atoms with Crippen LogP contribution in [-0.4, -0.2) is 13.2 Å². The van der Waals surface area contributed by atoms with E-state index in [1.165, 1.54) is 69.8 Å². The molecule has 0 bridgehead atoms. The Morgan fingerprint density at radius 1 is 0.556 bits per heavy atom. The van der Waals surface area contributed by atoms with Crippen molar-refractivity contribution in [2.45, 2.75) is 111 Å². The van der Waals surface area contributed by atoms with Crippen LogP contribution in [0.15, 0.2) is 18.2 Å². The molecule has 0 unspecified atom stereocenters. The van der Waals surface area contributed by atoms with E-state index in [0.717, 1.165) is 50.4 Å². The summed E-state index contributed by atoms with van der Waals surface area (Å²) in [4.78, 5) is 0. The summed E-state index contributed by atoms with van der Waals surface area (Å²) in [7, 11) is 0. The van der Waals surface area contributed by atoms with Crippen LogP contribution in [-0.2, 0) is 6.42 Å². The lowest BCUT2D eigenvalue weighted by atomic mass is 10.1. The van der Waals surface area contributed by atoms with Gasteiger partial charge in [-0.3, -0.25) is 0 Å². The van der Waals surface area contributed by atoms with Gasteiger partial charge in [0.15, 0.2) is 0 Å². The van der Waals surface area contributed by atoms with Crippen molar-refractivity contribution in [3.05, 3.63) is 23.8 Å². The Bertz CT molecular complexity index is 419. The van der Waals surface area contributed by atoms with Crippen molar-refractivity contribution in [1.29, 1.82) is 0 Å². The number of ether oxygens (including phenoxy) is 2. The molecule has 0 saturated carbocycles. The number of hydrogen-bond donors (Lipinski definition) is 0. The first-order valence-corrected chi connectivity index (χ1v) is 11.7. The molecule has 0 aliphatic carbocycles. The van der Waals surface area contributed by atoms with Gasteiger partial charge in [0.2, 0.25) is 0 Å². The summed E-state index contributed by atoms with van der Waals surface area (Å²) >= 11 is 0. The van der Waals surface area contributed by atoms with Crippen LogP contribution in [0.25, 0.3) is 0 Å². The first kappa shape index (κ1) is 23.9. The molecule has 0 aromatic heterocycles. The smallest absolute Gasteiger partial charge is 0.126 e. The van der Waals surface area contributed by atoms with E-state index in [1.807, 2.05) is 0 Å². The average molecular weight is 377 g/mol. The Kier molecular flexibility index (Phi) is 15.0. The second-order valence-corrected chi connectivity index (χ2v) is 7.72. The maximum absolute atomic E-state index is 6.13. The summed E-state index contributed by atoms with van der Waals surface area (Å²) in [5.74, 6) is 2.07. The number of unbranched alkanes of at least 4 members (excludes halogenated alkanes) is 10. The quantitative estimate of drug-likeness (QED) is 0.241. The van der Waals surface area contributed by atoms with Crippen LogP contribution in [0.3, 0.4) is 0 Å². The summed E-state index contributed by atoms with van der Waals surface area (Å²) < 4.78 is 12.3. The highest BCUT2D eigenvalue weighted by Gasteiger charge is 2.10. The molecule has 2 heteroatoms. The van der Waals surface area contributed by atoms with E-state index >= 15 is 0 Å². The zero-order chi connectivity index (χ0) is 19.6. The summed E-state index contributed by atoms with van der Waals surface area (Å²) in [6.45, 7) is 8.40.